The van der Waals surface area contributed by atoms with Gasteiger partial charge in [-0.1, -0.05) is 12.2 Å². The molecule has 1 aromatic heterocycles. The molecule has 0 saturated carbocycles. The number of carbonyl (C=O) groups is 1. The third-order valence-corrected chi connectivity index (χ3v) is 5.62. The maximum Gasteiger partial charge on any atom is 0.411 e. The number of allylic oxidation sites excluding steroid dienone is 1. The van der Waals surface area contributed by atoms with Gasteiger partial charge in [0.15, 0.2) is 11.5 Å². The van der Waals surface area contributed by atoms with Crippen LogP contribution in [0.4, 0.5) is 22.0 Å². The summed E-state index contributed by atoms with van der Waals surface area (Å²) in [5.74, 6) is 2.07. The van der Waals surface area contributed by atoms with E-state index in [2.05, 4.69) is 21.7 Å². The molecule has 2 aliphatic rings. The number of nitrogens with one attached hydrogen (secondary N) is 2. The van der Waals surface area contributed by atoms with Crippen LogP contribution in [0.5, 0.6) is 11.5 Å². The lowest BCUT2D eigenvalue weighted by Gasteiger charge is -2.34. The van der Waals surface area contributed by atoms with Gasteiger partial charge in [0.2, 0.25) is 0 Å². The molecule has 2 aliphatic heterocycles. The highest BCUT2D eigenvalue weighted by atomic mass is 16.6. The van der Waals surface area contributed by atoms with Gasteiger partial charge in [-0.3, -0.25) is 4.90 Å². The number of amides is 1. The first kappa shape index (κ1) is 23.7. The molecular formula is C26H34N4O4. The zero-order valence-electron chi connectivity index (χ0n) is 20.6. The third kappa shape index (κ3) is 5.55. The number of benzene rings is 1. The van der Waals surface area contributed by atoms with Crippen molar-refractivity contribution in [2.75, 3.05) is 37.4 Å². The number of rotatable bonds is 4. The number of aryl methyl sites for hydroxylation is 1. The Morgan fingerprint density at radius 3 is 2.68 bits per heavy atom. The van der Waals surface area contributed by atoms with Gasteiger partial charge in [0.05, 0.1) is 6.04 Å². The zero-order valence-corrected chi connectivity index (χ0v) is 20.6. The Kier molecular flexibility index (Phi) is 6.86. The second-order valence-corrected chi connectivity index (χ2v) is 9.54. The van der Waals surface area contributed by atoms with Crippen molar-refractivity contribution in [2.45, 2.75) is 52.2 Å². The molecule has 4 rings (SSSR count). The van der Waals surface area contributed by atoms with Crippen LogP contribution < -0.4 is 20.1 Å². The van der Waals surface area contributed by atoms with E-state index in [1.165, 1.54) is 0 Å². The van der Waals surface area contributed by atoms with E-state index in [1.54, 1.807) is 4.90 Å². The first-order chi connectivity index (χ1) is 16.2. The number of pyridine rings is 1. The van der Waals surface area contributed by atoms with Crippen LogP contribution in [0, 0.1) is 6.92 Å². The highest BCUT2D eigenvalue weighted by Gasteiger charge is 2.33. The summed E-state index contributed by atoms with van der Waals surface area (Å²) in [6.07, 6.45) is 5.39. The summed E-state index contributed by atoms with van der Waals surface area (Å²) in [6.45, 7) is 9.01. The van der Waals surface area contributed by atoms with E-state index in [0.29, 0.717) is 31.3 Å². The monoisotopic (exact) mass is 466 g/mol. The second-order valence-electron chi connectivity index (χ2n) is 9.54. The van der Waals surface area contributed by atoms with Crippen LogP contribution in [0.1, 0.15) is 50.9 Å². The van der Waals surface area contributed by atoms with Gasteiger partial charge >= 0.3 is 6.09 Å². The van der Waals surface area contributed by atoms with E-state index in [1.807, 2.05) is 65.1 Å². The number of hydrogen-bond donors (Lipinski definition) is 2. The van der Waals surface area contributed by atoms with E-state index in [-0.39, 0.29) is 12.1 Å². The molecule has 34 heavy (non-hydrogen) atoms. The second kappa shape index (κ2) is 9.83. The molecule has 0 saturated heterocycles. The summed E-state index contributed by atoms with van der Waals surface area (Å²) in [5, 5.41) is 6.57. The highest BCUT2D eigenvalue weighted by molar-refractivity contribution is 5.71. The van der Waals surface area contributed by atoms with E-state index < -0.39 is 5.60 Å². The predicted octanol–water partition coefficient (Wildman–Crippen LogP) is 5.57. The van der Waals surface area contributed by atoms with Crippen molar-refractivity contribution in [1.29, 1.82) is 0 Å². The van der Waals surface area contributed by atoms with Gasteiger partial charge < -0.3 is 24.8 Å². The minimum atomic E-state index is -0.581. The average molecular weight is 467 g/mol. The standard InChI is InChI=1S/C26H34N4O4/c1-17-13-18(27-5)16-23(28-17)29-19-14-20(24-22(15-19)32-11-12-33-24)21-9-7-6-8-10-30(21)25(31)34-26(2,3)4/h6,8,13-16,21H,7,9-12H2,1-5H3,(H2,27,28,29). The Labute approximate surface area is 201 Å². The molecule has 2 N–H and O–H groups in total. The fourth-order valence-corrected chi connectivity index (χ4v) is 4.21. The molecule has 2 aromatic rings. The molecule has 1 aromatic carbocycles. The van der Waals surface area contributed by atoms with Crippen molar-refractivity contribution in [2.24, 2.45) is 0 Å². The topological polar surface area (TPSA) is 85.0 Å². The number of anilines is 3. The molecule has 0 aliphatic carbocycles. The molecule has 8 nitrogen and oxygen atoms in total. The lowest BCUT2D eigenvalue weighted by atomic mass is 9.98. The minimum Gasteiger partial charge on any atom is -0.486 e. The van der Waals surface area contributed by atoms with Crippen LogP contribution in [-0.4, -0.2) is 48.4 Å². The Morgan fingerprint density at radius 1 is 1.12 bits per heavy atom. The van der Waals surface area contributed by atoms with Crippen molar-refractivity contribution in [1.82, 2.24) is 9.88 Å². The largest absolute Gasteiger partial charge is 0.486 e. The van der Waals surface area contributed by atoms with Gasteiger partial charge in [-0.05, 0) is 52.7 Å². The number of fused-ring (bicyclic) bond motifs is 1. The molecule has 1 amide bonds. The van der Waals surface area contributed by atoms with Gasteiger partial charge in [-0.15, -0.1) is 0 Å². The Morgan fingerprint density at radius 2 is 1.91 bits per heavy atom. The Bertz CT molecular complexity index is 1080. The fourth-order valence-electron chi connectivity index (χ4n) is 4.21. The quantitative estimate of drug-likeness (QED) is 0.570. The van der Waals surface area contributed by atoms with Crippen molar-refractivity contribution < 1.29 is 19.0 Å². The molecule has 3 heterocycles. The molecule has 1 atom stereocenters. The lowest BCUT2D eigenvalue weighted by molar-refractivity contribution is 0.0178. The summed E-state index contributed by atoms with van der Waals surface area (Å²) < 4.78 is 17.8. The van der Waals surface area contributed by atoms with Crippen molar-refractivity contribution in [3.05, 3.63) is 47.7 Å². The van der Waals surface area contributed by atoms with E-state index >= 15 is 0 Å². The van der Waals surface area contributed by atoms with Crippen molar-refractivity contribution >= 4 is 23.3 Å². The van der Waals surface area contributed by atoms with E-state index in [4.69, 9.17) is 14.2 Å². The minimum absolute atomic E-state index is 0.222. The summed E-state index contributed by atoms with van der Waals surface area (Å²) in [7, 11) is 1.88. The molecule has 0 fully saturated rings. The summed E-state index contributed by atoms with van der Waals surface area (Å²) in [6, 6.07) is 7.67. The van der Waals surface area contributed by atoms with Crippen LogP contribution in [0.2, 0.25) is 0 Å². The zero-order chi connectivity index (χ0) is 24.3. The molecule has 8 heteroatoms. The van der Waals surface area contributed by atoms with Gasteiger partial charge in [0.25, 0.3) is 0 Å². The number of carbonyl (C=O) groups excluding carboxylic acids is 1. The summed E-state index contributed by atoms with van der Waals surface area (Å²) >= 11 is 0. The summed E-state index contributed by atoms with van der Waals surface area (Å²) in [4.78, 5) is 19.6. The highest BCUT2D eigenvalue weighted by Crippen LogP contribution is 2.44. The number of nitrogens with zero attached hydrogens (tertiary/aromatic N) is 2. The maximum absolute atomic E-state index is 13.2. The van der Waals surface area contributed by atoms with Crippen LogP contribution in [0.15, 0.2) is 36.4 Å². The molecular weight excluding hydrogens is 432 g/mol. The summed E-state index contributed by atoms with van der Waals surface area (Å²) in [5.41, 5.74) is 3.01. The number of hydrogen-bond acceptors (Lipinski definition) is 7. The first-order valence-electron chi connectivity index (χ1n) is 11.7. The number of ether oxygens (including phenoxy) is 3. The average Bonchev–Trinajstić information content (AvgIpc) is 3.03. The molecule has 0 radical (unpaired) electrons. The molecule has 182 valence electrons. The normalized spacial score (nSPS) is 17.7. The van der Waals surface area contributed by atoms with E-state index in [9.17, 15) is 4.79 Å². The third-order valence-electron chi connectivity index (χ3n) is 5.62. The molecule has 1 unspecified atom stereocenters. The first-order valence-corrected chi connectivity index (χ1v) is 11.7. The SMILES string of the molecule is CNc1cc(C)nc(Nc2cc3c(c(C4CCC=CCN4C(=O)OC(C)(C)C)c2)OCCO3)c1. The number of aromatic nitrogens is 1. The fraction of sp³-hybridized carbons (Fsp3) is 0.462. The van der Waals surface area contributed by atoms with E-state index in [0.717, 1.165) is 41.3 Å². The predicted molar refractivity (Wildman–Crippen MR) is 133 cm³/mol. The van der Waals surface area contributed by atoms with Crippen LogP contribution in [0.3, 0.4) is 0 Å². The smallest absolute Gasteiger partial charge is 0.411 e. The van der Waals surface area contributed by atoms with Crippen LogP contribution >= 0.6 is 0 Å². The van der Waals surface area contributed by atoms with Crippen LogP contribution in [-0.2, 0) is 4.74 Å². The van der Waals surface area contributed by atoms with Crippen molar-refractivity contribution in [3.63, 3.8) is 0 Å². The van der Waals surface area contributed by atoms with Gasteiger partial charge in [0.1, 0.15) is 24.6 Å². The molecule has 0 spiro atoms. The van der Waals surface area contributed by atoms with Gasteiger partial charge in [0, 0.05) is 48.4 Å². The Hall–Kier alpha value is -3.42. The van der Waals surface area contributed by atoms with Gasteiger partial charge in [-0.25, -0.2) is 9.78 Å². The molecule has 0 bridgehead atoms. The maximum atomic E-state index is 13.2. The van der Waals surface area contributed by atoms with Gasteiger partial charge in [-0.2, -0.15) is 0 Å². The lowest BCUT2D eigenvalue weighted by Crippen LogP contribution is -2.39. The Balaban J connectivity index is 1.73. The van der Waals surface area contributed by atoms with Crippen molar-refractivity contribution in [3.8, 4) is 11.5 Å². The van der Waals surface area contributed by atoms with Crippen LogP contribution in [0.25, 0.3) is 0 Å².